The van der Waals surface area contributed by atoms with Crippen molar-refractivity contribution in [2.45, 2.75) is 12.5 Å². The second-order valence-corrected chi connectivity index (χ2v) is 7.85. The van der Waals surface area contributed by atoms with Crippen molar-refractivity contribution in [3.63, 3.8) is 0 Å². The minimum Gasteiger partial charge on any atom is -0.477 e. The van der Waals surface area contributed by atoms with E-state index in [-0.39, 0.29) is 37.0 Å². The van der Waals surface area contributed by atoms with Crippen LogP contribution in [0, 0.1) is 11.8 Å². The largest absolute Gasteiger partial charge is 0.477 e. The van der Waals surface area contributed by atoms with Crippen LogP contribution in [0.4, 0.5) is 10.6 Å². The maximum atomic E-state index is 12.4. The van der Waals surface area contributed by atoms with Crippen molar-refractivity contribution in [1.29, 1.82) is 0 Å². The number of carbonyl (C=O) groups excluding carboxylic acids is 2. The fraction of sp³-hybridized carbons (Fsp3) is 0.200. The lowest BCUT2D eigenvalue weighted by atomic mass is 9.98. The molecule has 2 aliphatic rings. The molecule has 0 saturated heterocycles. The quantitative estimate of drug-likeness (QED) is 0.583. The van der Waals surface area contributed by atoms with E-state index in [1.165, 1.54) is 15.8 Å². The second kappa shape index (κ2) is 8.75. The highest BCUT2D eigenvalue weighted by Gasteiger charge is 2.31. The average molecular weight is 456 g/mol. The molecular formula is C25H20N4O5. The number of carboxylic acids is 1. The fourth-order valence-corrected chi connectivity index (χ4v) is 4.43. The van der Waals surface area contributed by atoms with Crippen LogP contribution in [-0.2, 0) is 16.1 Å². The number of rotatable bonds is 4. The van der Waals surface area contributed by atoms with Crippen molar-refractivity contribution < 1.29 is 24.2 Å². The third-order valence-electron chi connectivity index (χ3n) is 5.94. The molecule has 1 aromatic heterocycles. The van der Waals surface area contributed by atoms with Gasteiger partial charge >= 0.3 is 18.0 Å². The summed E-state index contributed by atoms with van der Waals surface area (Å²) in [6.07, 6.45) is 0.583. The molecule has 1 aliphatic carbocycles. The molecule has 9 heteroatoms. The predicted octanol–water partition coefficient (Wildman–Crippen LogP) is 2.47. The summed E-state index contributed by atoms with van der Waals surface area (Å²) in [4.78, 5) is 37.2. The Morgan fingerprint density at radius 3 is 2.41 bits per heavy atom. The molecule has 2 heterocycles. The molecule has 3 aromatic rings. The summed E-state index contributed by atoms with van der Waals surface area (Å²) >= 11 is 0. The number of fused-ring (bicyclic) bond motifs is 4. The number of aromatic carboxylic acids is 1. The van der Waals surface area contributed by atoms with Crippen LogP contribution in [0.5, 0.6) is 0 Å². The van der Waals surface area contributed by atoms with E-state index < -0.39 is 18.0 Å². The minimum atomic E-state index is -1.16. The zero-order valence-corrected chi connectivity index (χ0v) is 18.0. The highest BCUT2D eigenvalue weighted by atomic mass is 16.5. The van der Waals surface area contributed by atoms with Gasteiger partial charge in [0.15, 0.2) is 0 Å². The van der Waals surface area contributed by atoms with Crippen molar-refractivity contribution >= 4 is 23.8 Å². The minimum absolute atomic E-state index is 0.0470. The maximum Gasteiger partial charge on any atom is 0.407 e. The lowest BCUT2D eigenvalue weighted by molar-refractivity contribution is -0.113. The zero-order valence-electron chi connectivity index (χ0n) is 18.0. The van der Waals surface area contributed by atoms with E-state index in [0.29, 0.717) is 6.54 Å². The summed E-state index contributed by atoms with van der Waals surface area (Å²) in [5.74, 6) is 3.48. The number of carbonyl (C=O) groups is 3. The molecule has 0 atom stereocenters. The van der Waals surface area contributed by atoms with Gasteiger partial charge in [0, 0.05) is 12.5 Å². The second-order valence-electron chi connectivity index (χ2n) is 7.85. The number of nitrogens with one attached hydrogen (secondary N) is 1. The average Bonchev–Trinajstić information content (AvgIpc) is 3.52. The molecule has 0 fully saturated rings. The van der Waals surface area contributed by atoms with E-state index in [9.17, 15) is 19.5 Å². The molecule has 0 radical (unpaired) electrons. The van der Waals surface area contributed by atoms with Crippen molar-refractivity contribution in [2.75, 3.05) is 24.6 Å². The van der Waals surface area contributed by atoms with Crippen LogP contribution in [0.15, 0.2) is 54.7 Å². The standard InChI is InChI=1S/C25H20N4O5/c30-22(28-12-13-29-23(28)20(14-27-29)24(31)32)10-5-11-26-25(33)34-15-21-18-8-3-1-6-16(18)17-7-2-4-9-19(17)21/h1-4,6-9,14,21H,11-13,15H2,(H,26,33)(H,31,32). The number of nitrogens with zero attached hydrogens (tertiary/aromatic N) is 3. The number of hydrogen-bond donors (Lipinski definition) is 2. The Bertz CT molecular complexity index is 1320. The lowest BCUT2D eigenvalue weighted by Crippen LogP contribution is -2.29. The fourth-order valence-electron chi connectivity index (χ4n) is 4.43. The number of amides is 2. The molecule has 170 valence electrons. The van der Waals surface area contributed by atoms with Gasteiger partial charge in [-0.3, -0.25) is 9.69 Å². The lowest BCUT2D eigenvalue weighted by Gasteiger charge is -2.14. The van der Waals surface area contributed by atoms with Crippen molar-refractivity contribution in [3.05, 3.63) is 71.4 Å². The van der Waals surface area contributed by atoms with E-state index in [0.717, 1.165) is 22.3 Å². The summed E-state index contributed by atoms with van der Waals surface area (Å²) in [7, 11) is 0. The number of aromatic nitrogens is 2. The van der Waals surface area contributed by atoms with Gasteiger partial charge in [-0.25, -0.2) is 14.3 Å². The van der Waals surface area contributed by atoms with Gasteiger partial charge in [0.2, 0.25) is 0 Å². The first-order valence-electron chi connectivity index (χ1n) is 10.7. The van der Waals surface area contributed by atoms with E-state index in [1.807, 2.05) is 36.4 Å². The van der Waals surface area contributed by atoms with Crippen LogP contribution >= 0.6 is 0 Å². The van der Waals surface area contributed by atoms with Crippen molar-refractivity contribution in [2.24, 2.45) is 0 Å². The molecule has 2 amide bonds. The Hall–Kier alpha value is -4.58. The summed E-state index contributed by atoms with van der Waals surface area (Å²) in [5, 5.41) is 15.8. The highest BCUT2D eigenvalue weighted by Crippen LogP contribution is 2.44. The van der Waals surface area contributed by atoms with Crippen LogP contribution in [0.3, 0.4) is 0 Å². The Balaban J connectivity index is 1.16. The number of anilines is 1. The Morgan fingerprint density at radius 1 is 1.06 bits per heavy atom. The van der Waals surface area contributed by atoms with Crippen LogP contribution < -0.4 is 10.2 Å². The SMILES string of the molecule is O=C(NCC#CC(=O)N1CCn2ncc(C(=O)O)c21)OCC1c2ccccc2-c2ccccc21. The molecule has 0 bridgehead atoms. The van der Waals surface area contributed by atoms with Gasteiger partial charge in [-0.1, -0.05) is 54.5 Å². The number of carboxylic acid groups (broad SMARTS) is 1. The normalized spacial score (nSPS) is 13.4. The highest BCUT2D eigenvalue weighted by molar-refractivity contribution is 6.09. The predicted molar refractivity (Wildman–Crippen MR) is 122 cm³/mol. The van der Waals surface area contributed by atoms with Crippen LogP contribution in [0.2, 0.25) is 0 Å². The van der Waals surface area contributed by atoms with Gasteiger partial charge in [0.1, 0.15) is 18.0 Å². The summed E-state index contributed by atoms with van der Waals surface area (Å²) in [6.45, 7) is 0.786. The third kappa shape index (κ3) is 3.75. The van der Waals surface area contributed by atoms with Crippen LogP contribution in [0.1, 0.15) is 27.4 Å². The number of ether oxygens (including phenoxy) is 1. The molecule has 0 unspecified atom stereocenters. The molecule has 0 saturated carbocycles. The smallest absolute Gasteiger partial charge is 0.407 e. The Morgan fingerprint density at radius 2 is 1.74 bits per heavy atom. The zero-order chi connectivity index (χ0) is 23.7. The number of benzene rings is 2. The van der Waals surface area contributed by atoms with Gasteiger partial charge < -0.3 is 15.2 Å². The first kappa shape index (κ1) is 21.3. The molecule has 34 heavy (non-hydrogen) atoms. The van der Waals surface area contributed by atoms with Gasteiger partial charge in [0.25, 0.3) is 0 Å². The monoisotopic (exact) mass is 456 g/mol. The topological polar surface area (TPSA) is 114 Å². The van der Waals surface area contributed by atoms with Crippen molar-refractivity contribution in [3.8, 4) is 23.0 Å². The van der Waals surface area contributed by atoms with E-state index >= 15 is 0 Å². The van der Waals surface area contributed by atoms with Gasteiger partial charge in [-0.15, -0.1) is 0 Å². The molecule has 0 spiro atoms. The third-order valence-corrected chi connectivity index (χ3v) is 5.94. The van der Waals surface area contributed by atoms with E-state index in [1.54, 1.807) is 0 Å². The first-order chi connectivity index (χ1) is 16.5. The molecule has 2 N–H and O–H groups in total. The van der Waals surface area contributed by atoms with Gasteiger partial charge in [-0.05, 0) is 28.2 Å². The van der Waals surface area contributed by atoms with Crippen LogP contribution in [-0.4, -0.2) is 52.6 Å². The first-order valence-corrected chi connectivity index (χ1v) is 10.7. The summed E-state index contributed by atoms with van der Waals surface area (Å²) < 4.78 is 6.89. The molecule has 5 rings (SSSR count). The summed E-state index contributed by atoms with van der Waals surface area (Å²) in [6, 6.07) is 16.1. The van der Waals surface area contributed by atoms with E-state index in [4.69, 9.17) is 4.74 Å². The number of hydrogen-bond acceptors (Lipinski definition) is 5. The van der Waals surface area contributed by atoms with Crippen LogP contribution in [0.25, 0.3) is 11.1 Å². The molecular weight excluding hydrogens is 436 g/mol. The van der Waals surface area contributed by atoms with Crippen molar-refractivity contribution in [1.82, 2.24) is 15.1 Å². The van der Waals surface area contributed by atoms with Gasteiger partial charge in [-0.2, -0.15) is 5.10 Å². The molecule has 1 aliphatic heterocycles. The molecule has 9 nitrogen and oxygen atoms in total. The Labute approximate surface area is 194 Å². The van der Waals surface area contributed by atoms with E-state index in [2.05, 4.69) is 34.4 Å². The van der Waals surface area contributed by atoms with Gasteiger partial charge in [0.05, 0.1) is 19.3 Å². The number of alkyl carbamates (subject to hydrolysis) is 1. The molecule has 2 aromatic carbocycles. The summed E-state index contributed by atoms with van der Waals surface area (Å²) in [5.41, 5.74) is 4.47. The Kier molecular flexibility index (Phi) is 5.47. The maximum absolute atomic E-state index is 12.4.